The zero-order valence-corrected chi connectivity index (χ0v) is 12.5. The fourth-order valence-corrected chi connectivity index (χ4v) is 2.97. The number of hydrogen-bond acceptors (Lipinski definition) is 5. The summed E-state index contributed by atoms with van der Waals surface area (Å²) in [4.78, 5) is 12.9. The van der Waals surface area contributed by atoms with Crippen LogP contribution in [0.2, 0.25) is 0 Å². The van der Waals surface area contributed by atoms with Crippen LogP contribution in [0.4, 0.5) is 17.1 Å². The Morgan fingerprint density at radius 1 is 1.45 bits per heavy atom. The lowest BCUT2D eigenvalue weighted by Crippen LogP contribution is -2.37. The van der Waals surface area contributed by atoms with Crippen LogP contribution in [0.25, 0.3) is 0 Å². The van der Waals surface area contributed by atoms with Crippen molar-refractivity contribution >= 4 is 17.1 Å². The van der Waals surface area contributed by atoms with Crippen molar-refractivity contribution in [2.45, 2.75) is 25.8 Å². The van der Waals surface area contributed by atoms with Gasteiger partial charge in [0.05, 0.1) is 17.2 Å². The minimum Gasteiger partial charge on any atom is -0.399 e. The third-order valence-corrected chi connectivity index (χ3v) is 4.04. The molecule has 0 radical (unpaired) electrons. The Labute approximate surface area is 128 Å². The van der Waals surface area contributed by atoms with Crippen molar-refractivity contribution in [1.82, 2.24) is 9.78 Å². The number of aryl methyl sites for hydroxylation is 1. The van der Waals surface area contributed by atoms with E-state index in [1.807, 2.05) is 28.9 Å². The topological polar surface area (TPSA) is 90.2 Å². The smallest absolute Gasteiger partial charge is 0.292 e. The van der Waals surface area contributed by atoms with Crippen LogP contribution >= 0.6 is 0 Å². The van der Waals surface area contributed by atoms with E-state index >= 15 is 0 Å². The minimum atomic E-state index is -0.351. The van der Waals surface area contributed by atoms with Gasteiger partial charge in [-0.2, -0.15) is 5.10 Å². The third kappa shape index (κ3) is 2.74. The second-order valence-corrected chi connectivity index (χ2v) is 5.75. The van der Waals surface area contributed by atoms with Crippen LogP contribution in [0.15, 0.2) is 30.6 Å². The summed E-state index contributed by atoms with van der Waals surface area (Å²) in [5.41, 5.74) is 8.17. The molecule has 3 rings (SSSR count). The summed E-state index contributed by atoms with van der Waals surface area (Å²) in [5, 5.41) is 15.6. The molecule has 0 amide bonds. The standard InChI is InChI=1S/C15H19N5O2/c1-11-8-17-19(9-11)13-3-2-6-18(10-13)15-7-12(16)4-5-14(15)20(21)22/h4-5,7-9,13H,2-3,6,10,16H2,1H3/t13-/m0/s1. The molecule has 2 heterocycles. The lowest BCUT2D eigenvalue weighted by Gasteiger charge is -2.34. The maximum absolute atomic E-state index is 11.3. The molecule has 22 heavy (non-hydrogen) atoms. The van der Waals surface area contributed by atoms with E-state index in [9.17, 15) is 10.1 Å². The van der Waals surface area contributed by atoms with Gasteiger partial charge in [0.15, 0.2) is 0 Å². The fraction of sp³-hybridized carbons (Fsp3) is 0.400. The molecule has 1 atom stereocenters. The molecule has 116 valence electrons. The van der Waals surface area contributed by atoms with Gasteiger partial charge in [0, 0.05) is 31.0 Å². The largest absolute Gasteiger partial charge is 0.399 e. The van der Waals surface area contributed by atoms with Gasteiger partial charge in [0.1, 0.15) is 5.69 Å². The number of nitro benzene ring substituents is 1. The predicted octanol–water partition coefficient (Wildman–Crippen LogP) is 2.52. The van der Waals surface area contributed by atoms with Gasteiger partial charge in [0.25, 0.3) is 5.69 Å². The lowest BCUT2D eigenvalue weighted by molar-refractivity contribution is -0.384. The number of piperidine rings is 1. The molecular formula is C15H19N5O2. The number of benzene rings is 1. The second-order valence-electron chi connectivity index (χ2n) is 5.75. The maximum Gasteiger partial charge on any atom is 0.292 e. The average molecular weight is 301 g/mol. The average Bonchev–Trinajstić information content (AvgIpc) is 2.93. The Balaban J connectivity index is 1.89. The molecule has 1 aromatic heterocycles. The normalized spacial score (nSPS) is 18.4. The van der Waals surface area contributed by atoms with E-state index in [0.29, 0.717) is 17.9 Å². The van der Waals surface area contributed by atoms with Crippen molar-refractivity contribution in [2.75, 3.05) is 23.7 Å². The number of nitrogens with zero attached hydrogens (tertiary/aromatic N) is 4. The number of hydrogen-bond donors (Lipinski definition) is 1. The van der Waals surface area contributed by atoms with Gasteiger partial charge in [-0.05, 0) is 37.5 Å². The SMILES string of the molecule is Cc1cnn([C@H]2CCCN(c3cc(N)ccc3[N+](=O)[O-])C2)c1. The van der Waals surface area contributed by atoms with Crippen molar-refractivity contribution in [3.8, 4) is 0 Å². The molecule has 1 aliphatic heterocycles. The predicted molar refractivity (Wildman–Crippen MR) is 85.0 cm³/mol. The van der Waals surface area contributed by atoms with Gasteiger partial charge in [-0.1, -0.05) is 0 Å². The van der Waals surface area contributed by atoms with Crippen LogP contribution in [0, 0.1) is 17.0 Å². The summed E-state index contributed by atoms with van der Waals surface area (Å²) in [6.07, 6.45) is 5.84. The molecule has 1 fully saturated rings. The zero-order valence-electron chi connectivity index (χ0n) is 12.5. The van der Waals surface area contributed by atoms with E-state index in [0.717, 1.165) is 24.9 Å². The van der Waals surface area contributed by atoms with E-state index in [4.69, 9.17) is 5.73 Å². The summed E-state index contributed by atoms with van der Waals surface area (Å²) in [6, 6.07) is 4.96. The Morgan fingerprint density at radius 3 is 2.95 bits per heavy atom. The molecule has 0 saturated carbocycles. The third-order valence-electron chi connectivity index (χ3n) is 4.04. The molecule has 0 aliphatic carbocycles. The van der Waals surface area contributed by atoms with Crippen molar-refractivity contribution in [3.05, 3.63) is 46.3 Å². The van der Waals surface area contributed by atoms with Crippen molar-refractivity contribution in [2.24, 2.45) is 0 Å². The molecule has 0 bridgehead atoms. The number of nitrogens with two attached hydrogens (primary N) is 1. The zero-order chi connectivity index (χ0) is 15.7. The van der Waals surface area contributed by atoms with E-state index in [-0.39, 0.29) is 16.7 Å². The minimum absolute atomic E-state index is 0.103. The first-order valence-corrected chi connectivity index (χ1v) is 7.34. The molecule has 2 aromatic rings. The first-order chi connectivity index (χ1) is 10.5. The summed E-state index contributed by atoms with van der Waals surface area (Å²) in [5.74, 6) is 0. The highest BCUT2D eigenvalue weighted by Gasteiger charge is 2.26. The van der Waals surface area contributed by atoms with E-state index in [1.54, 1.807) is 12.1 Å². The van der Waals surface area contributed by atoms with Gasteiger partial charge in [-0.15, -0.1) is 0 Å². The Hall–Kier alpha value is -2.57. The molecule has 2 N–H and O–H groups in total. The first-order valence-electron chi connectivity index (χ1n) is 7.34. The van der Waals surface area contributed by atoms with Gasteiger partial charge in [-0.3, -0.25) is 14.8 Å². The molecule has 0 spiro atoms. The Morgan fingerprint density at radius 2 is 2.27 bits per heavy atom. The second kappa shape index (κ2) is 5.67. The molecular weight excluding hydrogens is 282 g/mol. The highest BCUT2D eigenvalue weighted by Crippen LogP contribution is 2.34. The van der Waals surface area contributed by atoms with Gasteiger partial charge in [0.2, 0.25) is 0 Å². The summed E-state index contributed by atoms with van der Waals surface area (Å²) < 4.78 is 1.96. The number of aromatic nitrogens is 2. The molecule has 1 aliphatic rings. The monoisotopic (exact) mass is 301 g/mol. The highest BCUT2D eigenvalue weighted by atomic mass is 16.6. The van der Waals surface area contributed by atoms with Gasteiger partial charge >= 0.3 is 0 Å². The number of anilines is 2. The fourth-order valence-electron chi connectivity index (χ4n) is 2.97. The van der Waals surface area contributed by atoms with Crippen LogP contribution in [-0.2, 0) is 0 Å². The molecule has 1 aromatic carbocycles. The van der Waals surface area contributed by atoms with Gasteiger partial charge in [-0.25, -0.2) is 0 Å². The van der Waals surface area contributed by atoms with Crippen LogP contribution in [0.1, 0.15) is 24.4 Å². The van der Waals surface area contributed by atoms with Crippen molar-refractivity contribution in [3.63, 3.8) is 0 Å². The molecule has 1 saturated heterocycles. The number of nitro groups is 1. The Bertz CT molecular complexity index is 697. The first kappa shape index (κ1) is 14.4. The summed E-state index contributed by atoms with van der Waals surface area (Å²) in [7, 11) is 0. The van der Waals surface area contributed by atoms with Gasteiger partial charge < -0.3 is 10.6 Å². The van der Waals surface area contributed by atoms with Crippen LogP contribution in [0.5, 0.6) is 0 Å². The van der Waals surface area contributed by atoms with Crippen LogP contribution in [-0.4, -0.2) is 27.8 Å². The van der Waals surface area contributed by atoms with E-state index < -0.39 is 0 Å². The Kier molecular flexibility index (Phi) is 3.70. The number of nitrogen functional groups attached to an aromatic ring is 1. The van der Waals surface area contributed by atoms with E-state index in [1.165, 1.54) is 6.07 Å². The van der Waals surface area contributed by atoms with Crippen molar-refractivity contribution < 1.29 is 4.92 Å². The quantitative estimate of drug-likeness (QED) is 0.534. The molecule has 0 unspecified atom stereocenters. The number of rotatable bonds is 3. The van der Waals surface area contributed by atoms with Crippen LogP contribution < -0.4 is 10.6 Å². The highest BCUT2D eigenvalue weighted by molar-refractivity contribution is 5.68. The van der Waals surface area contributed by atoms with Crippen LogP contribution in [0.3, 0.4) is 0 Å². The molecule has 7 heteroatoms. The summed E-state index contributed by atoms with van der Waals surface area (Å²) in [6.45, 7) is 3.50. The van der Waals surface area contributed by atoms with E-state index in [2.05, 4.69) is 5.10 Å². The van der Waals surface area contributed by atoms with Crippen molar-refractivity contribution in [1.29, 1.82) is 0 Å². The summed E-state index contributed by atoms with van der Waals surface area (Å²) >= 11 is 0. The molecule has 7 nitrogen and oxygen atoms in total. The maximum atomic E-state index is 11.3. The lowest BCUT2D eigenvalue weighted by atomic mass is 10.0.